The monoisotopic (exact) mass is 756 g/mol. The first kappa shape index (κ1) is 41.2. The number of aromatic nitrogens is 3. The molecule has 1 aliphatic rings. The van der Waals surface area contributed by atoms with Gasteiger partial charge in [-0.2, -0.15) is 0 Å². The number of aliphatic hydroxyl groups excluding tert-OH is 1. The van der Waals surface area contributed by atoms with Gasteiger partial charge in [0.1, 0.15) is 24.2 Å². The standard InChI is InChI=1S/C34H48N10O10/c1-18(43(2)27(47)15-36)28(30(49)38-17-20-14-25(45)31(54-20)44-12-10-26(46)41-34(44)53)42-29(48)23(9-5-6-11-35)39-33(52)40-24(32(50)51)13-19-16-37-22-8-4-3-7-21(19)22/h3-4,7-8,10,12,16,18,20,23-25,28,31,37,45H,5-6,9,11,13-15,17,35-36H2,1-2H3,(H,38,49)(H,42,48)(H,50,51)(H2,39,40,52)(H,41,46,53)/t18-,20+,23-,24-,25+,28-,31+/m0/s1. The van der Waals surface area contributed by atoms with Crippen LogP contribution in [0.25, 0.3) is 10.9 Å². The topological polar surface area (TPSA) is 309 Å². The molecule has 294 valence electrons. The van der Waals surface area contributed by atoms with E-state index in [0.29, 0.717) is 24.9 Å². The molecule has 4 rings (SSSR count). The molecular weight excluding hydrogens is 708 g/mol. The lowest BCUT2D eigenvalue weighted by Crippen LogP contribution is -2.62. The lowest BCUT2D eigenvalue weighted by molar-refractivity contribution is -0.139. The first-order valence-corrected chi connectivity index (χ1v) is 17.5. The van der Waals surface area contributed by atoms with E-state index in [1.807, 2.05) is 18.2 Å². The highest BCUT2D eigenvalue weighted by Crippen LogP contribution is 2.27. The molecule has 0 spiro atoms. The second kappa shape index (κ2) is 19.0. The number of nitrogens with two attached hydrogens (primary N) is 2. The summed E-state index contributed by atoms with van der Waals surface area (Å²) in [5.41, 5.74) is 11.2. The van der Waals surface area contributed by atoms with Crippen LogP contribution in [0, 0.1) is 0 Å². The molecule has 1 saturated heterocycles. The van der Waals surface area contributed by atoms with Crippen molar-refractivity contribution in [3.63, 3.8) is 0 Å². The fourth-order valence-electron chi connectivity index (χ4n) is 6.16. The van der Waals surface area contributed by atoms with Crippen LogP contribution >= 0.6 is 0 Å². The van der Waals surface area contributed by atoms with E-state index < -0.39 is 83.6 Å². The van der Waals surface area contributed by atoms with Crippen LogP contribution in [0.1, 0.15) is 44.4 Å². The van der Waals surface area contributed by atoms with Gasteiger partial charge in [-0.25, -0.2) is 14.4 Å². The maximum absolute atomic E-state index is 13.8. The minimum atomic E-state index is -1.39. The molecule has 0 bridgehead atoms. The number of urea groups is 1. The number of ether oxygens (including phenoxy) is 1. The predicted molar refractivity (Wildman–Crippen MR) is 194 cm³/mol. The molecule has 20 nitrogen and oxygen atoms in total. The number of carbonyl (C=O) groups excluding carboxylic acids is 4. The number of benzene rings is 1. The molecule has 1 aliphatic heterocycles. The number of aliphatic hydroxyl groups is 1. The van der Waals surface area contributed by atoms with Gasteiger partial charge in [0.05, 0.1) is 18.7 Å². The number of unbranched alkanes of at least 4 members (excludes halogenated alkanes) is 1. The van der Waals surface area contributed by atoms with Crippen molar-refractivity contribution < 1.29 is 38.9 Å². The number of nitrogens with zero attached hydrogens (tertiary/aromatic N) is 2. The van der Waals surface area contributed by atoms with Crippen molar-refractivity contribution >= 4 is 40.6 Å². The number of aromatic amines is 2. The number of fused-ring (bicyclic) bond motifs is 1. The molecule has 54 heavy (non-hydrogen) atoms. The van der Waals surface area contributed by atoms with Gasteiger partial charge in [-0.15, -0.1) is 0 Å². The zero-order valence-corrected chi connectivity index (χ0v) is 29.9. The van der Waals surface area contributed by atoms with Crippen LogP contribution in [-0.4, -0.2) is 122 Å². The van der Waals surface area contributed by atoms with E-state index in [1.54, 1.807) is 12.3 Å². The number of aliphatic carboxylic acids is 1. The van der Waals surface area contributed by atoms with E-state index in [0.717, 1.165) is 21.5 Å². The smallest absolute Gasteiger partial charge is 0.330 e. The third kappa shape index (κ3) is 10.5. The summed E-state index contributed by atoms with van der Waals surface area (Å²) < 4.78 is 6.81. The van der Waals surface area contributed by atoms with Gasteiger partial charge in [0.2, 0.25) is 17.7 Å². The Balaban J connectivity index is 1.47. The molecule has 3 heterocycles. The minimum Gasteiger partial charge on any atom is -0.480 e. The SMILES string of the molecule is C[C@@H]([C@H](NC(=O)[C@H](CCCCN)NC(=O)N[C@@H](Cc1c[nH]c2ccccc12)C(=O)O)C(=O)NC[C@H]1C[C@@H](O)[C@H](n2ccc(=O)[nH]c2=O)O1)N(C)C(=O)CN. The predicted octanol–water partition coefficient (Wildman–Crippen LogP) is -2.43. The van der Waals surface area contributed by atoms with E-state index in [4.69, 9.17) is 16.2 Å². The molecule has 5 amide bonds. The summed E-state index contributed by atoms with van der Waals surface area (Å²) in [6.45, 7) is 1.26. The number of amides is 5. The quantitative estimate of drug-likeness (QED) is 0.0606. The summed E-state index contributed by atoms with van der Waals surface area (Å²) in [7, 11) is 1.40. The highest BCUT2D eigenvalue weighted by Gasteiger charge is 2.38. The van der Waals surface area contributed by atoms with Gasteiger partial charge in [0.25, 0.3) is 5.56 Å². The number of carboxylic acid groups (broad SMARTS) is 1. The molecule has 12 N–H and O–H groups in total. The van der Waals surface area contributed by atoms with Crippen molar-refractivity contribution in [1.29, 1.82) is 0 Å². The largest absolute Gasteiger partial charge is 0.480 e. The summed E-state index contributed by atoms with van der Waals surface area (Å²) in [6.07, 6.45) is 0.675. The maximum Gasteiger partial charge on any atom is 0.330 e. The number of para-hydroxylation sites is 1. The van der Waals surface area contributed by atoms with E-state index in [1.165, 1.54) is 25.1 Å². The molecule has 1 aromatic carbocycles. The molecule has 7 atom stereocenters. The summed E-state index contributed by atoms with van der Waals surface area (Å²) in [6, 6.07) is 2.49. The Morgan fingerprint density at radius 1 is 1.04 bits per heavy atom. The molecule has 1 fully saturated rings. The van der Waals surface area contributed by atoms with Crippen LogP contribution in [0.4, 0.5) is 4.79 Å². The van der Waals surface area contributed by atoms with Gasteiger partial charge >= 0.3 is 17.7 Å². The Kier molecular flexibility index (Phi) is 14.5. The van der Waals surface area contributed by atoms with Gasteiger partial charge in [0, 0.05) is 55.8 Å². The number of carbonyl (C=O) groups is 5. The van der Waals surface area contributed by atoms with Crippen molar-refractivity contribution in [1.82, 2.24) is 40.7 Å². The van der Waals surface area contributed by atoms with E-state index in [-0.39, 0.29) is 32.4 Å². The Morgan fingerprint density at radius 3 is 2.44 bits per heavy atom. The Morgan fingerprint density at radius 2 is 1.76 bits per heavy atom. The molecule has 3 aromatic rings. The zero-order chi connectivity index (χ0) is 39.5. The third-order valence-corrected chi connectivity index (χ3v) is 9.31. The first-order valence-electron chi connectivity index (χ1n) is 17.5. The number of rotatable bonds is 18. The minimum absolute atomic E-state index is 0.00848. The van der Waals surface area contributed by atoms with Crippen molar-refractivity contribution in [3.8, 4) is 0 Å². The van der Waals surface area contributed by atoms with Crippen molar-refractivity contribution in [2.45, 2.75) is 81.6 Å². The average Bonchev–Trinajstić information content (AvgIpc) is 3.73. The van der Waals surface area contributed by atoms with Crippen LogP contribution in [0.15, 0.2) is 52.3 Å². The summed E-state index contributed by atoms with van der Waals surface area (Å²) >= 11 is 0. The normalized spacial score (nSPS) is 18.9. The summed E-state index contributed by atoms with van der Waals surface area (Å²) in [4.78, 5) is 95.5. The van der Waals surface area contributed by atoms with Gasteiger partial charge in [-0.1, -0.05) is 18.2 Å². The van der Waals surface area contributed by atoms with E-state index >= 15 is 0 Å². The fourth-order valence-corrected chi connectivity index (χ4v) is 6.16. The molecular formula is C34H48N10O10. The molecule has 0 saturated carbocycles. The van der Waals surface area contributed by atoms with Gasteiger partial charge < -0.3 is 57.6 Å². The fraction of sp³-hybridized carbons (Fsp3) is 0.500. The van der Waals surface area contributed by atoms with Crippen molar-refractivity contribution in [2.24, 2.45) is 11.5 Å². The van der Waals surface area contributed by atoms with Crippen LogP contribution in [0.5, 0.6) is 0 Å². The maximum atomic E-state index is 13.8. The molecule has 0 radical (unpaired) electrons. The summed E-state index contributed by atoms with van der Waals surface area (Å²) in [5.74, 6) is -3.37. The van der Waals surface area contributed by atoms with Gasteiger partial charge in [-0.3, -0.25) is 28.7 Å². The number of hydrogen-bond donors (Lipinski definition) is 10. The second-order valence-electron chi connectivity index (χ2n) is 13.1. The lowest BCUT2D eigenvalue weighted by atomic mass is 10.0. The number of H-pyrrole nitrogens is 2. The molecule has 0 aliphatic carbocycles. The Hall–Kier alpha value is -5.57. The van der Waals surface area contributed by atoms with Crippen LogP contribution in [-0.2, 0) is 30.3 Å². The first-order chi connectivity index (χ1) is 25.7. The van der Waals surface area contributed by atoms with Crippen LogP contribution in [0.3, 0.4) is 0 Å². The Labute approximate surface area is 309 Å². The molecule has 0 unspecified atom stereocenters. The van der Waals surface area contributed by atoms with E-state index in [9.17, 15) is 43.8 Å². The number of carboxylic acids is 1. The zero-order valence-electron chi connectivity index (χ0n) is 29.9. The number of likely N-dealkylation sites (N-methyl/N-ethyl adjacent to an activating group) is 1. The summed E-state index contributed by atoms with van der Waals surface area (Å²) in [5, 5.41) is 31.5. The molecule has 2 aromatic heterocycles. The van der Waals surface area contributed by atoms with E-state index in [2.05, 4.69) is 31.2 Å². The highest BCUT2D eigenvalue weighted by molar-refractivity contribution is 5.93. The number of hydrogen-bond acceptors (Lipinski definition) is 11. The van der Waals surface area contributed by atoms with Gasteiger partial charge in [-0.05, 0) is 44.4 Å². The van der Waals surface area contributed by atoms with Crippen LogP contribution in [0.2, 0.25) is 0 Å². The third-order valence-electron chi connectivity index (χ3n) is 9.31. The van der Waals surface area contributed by atoms with Gasteiger partial charge in [0.15, 0.2) is 6.23 Å². The van der Waals surface area contributed by atoms with Crippen molar-refractivity contribution in [3.05, 3.63) is 69.1 Å². The Bertz CT molecular complexity index is 1910. The number of nitrogens with one attached hydrogen (secondary N) is 6. The van der Waals surface area contributed by atoms with Crippen LogP contribution < -0.4 is 44.0 Å². The second-order valence-corrected chi connectivity index (χ2v) is 13.1. The molecule has 20 heteroatoms. The average molecular weight is 757 g/mol. The lowest BCUT2D eigenvalue weighted by Gasteiger charge is -2.33. The van der Waals surface area contributed by atoms with Crippen molar-refractivity contribution in [2.75, 3.05) is 26.7 Å². The highest BCUT2D eigenvalue weighted by atomic mass is 16.5.